The van der Waals surface area contributed by atoms with Crippen LogP contribution in [0.2, 0.25) is 0 Å². The average Bonchev–Trinajstić information content (AvgIpc) is 2.67. The van der Waals surface area contributed by atoms with Crippen LogP contribution in [0.3, 0.4) is 0 Å². The third kappa shape index (κ3) is 2.24. The number of Topliss-reactive ketones (excluding diaryl/α,β-unsaturated/α-hetero) is 1. The van der Waals surface area contributed by atoms with Crippen LogP contribution in [0, 0.1) is 13.8 Å². The molecule has 6 heteroatoms. The largest absolute Gasteiger partial charge is 0.351 e. The summed E-state index contributed by atoms with van der Waals surface area (Å²) in [6.45, 7) is 3.64. The number of hydrogen-bond donors (Lipinski definition) is 0. The number of ketones is 1. The quantitative estimate of drug-likeness (QED) is 0.601. The van der Waals surface area contributed by atoms with Crippen LogP contribution in [-0.4, -0.2) is 19.5 Å². The lowest BCUT2D eigenvalue weighted by atomic mass is 10.1. The molecule has 0 radical (unpaired) electrons. The van der Waals surface area contributed by atoms with E-state index in [1.807, 2.05) is 25.5 Å². The summed E-state index contributed by atoms with van der Waals surface area (Å²) in [7, 11) is 3.38. The SMILES string of the molecule is Cc1cc(C(=O)Cn2ccn(C)c(=O)c2=O)c(C)n1C. The molecule has 0 N–H and O–H groups in total. The first kappa shape index (κ1) is 14.0. The molecule has 0 amide bonds. The minimum atomic E-state index is -0.686. The molecule has 2 heterocycles. The van der Waals surface area contributed by atoms with E-state index in [0.717, 1.165) is 16.0 Å². The van der Waals surface area contributed by atoms with Crippen LogP contribution in [0.15, 0.2) is 28.0 Å². The fourth-order valence-electron chi connectivity index (χ4n) is 2.09. The maximum Gasteiger partial charge on any atom is 0.316 e. The van der Waals surface area contributed by atoms with Gasteiger partial charge in [-0.2, -0.15) is 0 Å². The minimum absolute atomic E-state index is 0.126. The number of nitrogens with zero attached hydrogens (tertiary/aromatic N) is 3. The van der Waals surface area contributed by atoms with E-state index in [2.05, 4.69) is 0 Å². The van der Waals surface area contributed by atoms with E-state index in [4.69, 9.17) is 0 Å². The van der Waals surface area contributed by atoms with Crippen molar-refractivity contribution >= 4 is 5.78 Å². The molecule has 0 bridgehead atoms. The van der Waals surface area contributed by atoms with Crippen molar-refractivity contribution in [3.8, 4) is 0 Å². The molecule has 2 rings (SSSR count). The average molecular weight is 275 g/mol. The zero-order valence-electron chi connectivity index (χ0n) is 12.0. The van der Waals surface area contributed by atoms with E-state index in [0.29, 0.717) is 5.56 Å². The predicted molar refractivity (Wildman–Crippen MR) is 75.2 cm³/mol. The molecule has 0 saturated carbocycles. The fraction of sp³-hybridized carbons (Fsp3) is 0.357. The Morgan fingerprint density at radius 2 is 1.75 bits per heavy atom. The van der Waals surface area contributed by atoms with E-state index in [1.54, 1.807) is 6.07 Å². The van der Waals surface area contributed by atoms with Crippen molar-refractivity contribution in [2.45, 2.75) is 20.4 Å². The topological polar surface area (TPSA) is 66.0 Å². The Labute approximate surface area is 115 Å². The molecule has 0 unspecified atom stereocenters. The summed E-state index contributed by atoms with van der Waals surface area (Å²) < 4.78 is 4.26. The molecule has 0 aliphatic rings. The van der Waals surface area contributed by atoms with Crippen LogP contribution in [0.1, 0.15) is 21.7 Å². The van der Waals surface area contributed by atoms with Gasteiger partial charge in [-0.25, -0.2) is 0 Å². The Balaban J connectivity index is 2.38. The first-order valence-corrected chi connectivity index (χ1v) is 6.25. The van der Waals surface area contributed by atoms with Crippen LogP contribution in [-0.2, 0) is 20.6 Å². The van der Waals surface area contributed by atoms with Crippen LogP contribution in [0.4, 0.5) is 0 Å². The van der Waals surface area contributed by atoms with Gasteiger partial charge in [0.25, 0.3) is 0 Å². The summed E-state index contributed by atoms with van der Waals surface area (Å²) in [5.41, 5.74) is 1.08. The molecule has 20 heavy (non-hydrogen) atoms. The number of hydrogen-bond acceptors (Lipinski definition) is 3. The van der Waals surface area contributed by atoms with Crippen molar-refractivity contribution in [1.29, 1.82) is 0 Å². The maximum absolute atomic E-state index is 12.3. The third-order valence-electron chi connectivity index (χ3n) is 3.62. The Bertz CT molecular complexity index is 793. The lowest BCUT2D eigenvalue weighted by molar-refractivity contribution is 0.0970. The molecule has 6 nitrogen and oxygen atoms in total. The summed E-state index contributed by atoms with van der Waals surface area (Å²) in [6, 6.07) is 1.80. The highest BCUT2D eigenvalue weighted by molar-refractivity contribution is 5.97. The number of rotatable bonds is 3. The molecular weight excluding hydrogens is 258 g/mol. The summed E-state index contributed by atoms with van der Waals surface area (Å²) in [5, 5.41) is 0. The van der Waals surface area contributed by atoms with Crippen LogP contribution in [0.25, 0.3) is 0 Å². The van der Waals surface area contributed by atoms with Crippen molar-refractivity contribution in [2.24, 2.45) is 14.1 Å². The molecule has 2 aromatic rings. The van der Waals surface area contributed by atoms with Gasteiger partial charge in [0.1, 0.15) is 0 Å². The van der Waals surface area contributed by atoms with Gasteiger partial charge in [0.05, 0.1) is 6.54 Å². The van der Waals surface area contributed by atoms with Crippen molar-refractivity contribution in [3.05, 3.63) is 56.1 Å². The van der Waals surface area contributed by atoms with Gasteiger partial charge in [-0.15, -0.1) is 0 Å². The Morgan fingerprint density at radius 1 is 1.10 bits per heavy atom. The van der Waals surface area contributed by atoms with Gasteiger partial charge in [0.15, 0.2) is 5.78 Å². The van der Waals surface area contributed by atoms with Gasteiger partial charge >= 0.3 is 11.1 Å². The number of aryl methyl sites for hydroxylation is 2. The highest BCUT2D eigenvalue weighted by Gasteiger charge is 2.15. The monoisotopic (exact) mass is 275 g/mol. The van der Waals surface area contributed by atoms with Crippen molar-refractivity contribution < 1.29 is 4.79 Å². The molecule has 0 aromatic carbocycles. The van der Waals surface area contributed by atoms with Crippen molar-refractivity contribution in [2.75, 3.05) is 0 Å². The van der Waals surface area contributed by atoms with Crippen molar-refractivity contribution in [1.82, 2.24) is 13.7 Å². The normalized spacial score (nSPS) is 10.8. The molecule has 0 aliphatic carbocycles. The highest BCUT2D eigenvalue weighted by atomic mass is 16.2. The summed E-state index contributed by atoms with van der Waals surface area (Å²) >= 11 is 0. The number of aromatic nitrogens is 3. The third-order valence-corrected chi connectivity index (χ3v) is 3.62. The molecule has 0 spiro atoms. The van der Waals surface area contributed by atoms with E-state index in [1.165, 1.54) is 24.0 Å². The van der Waals surface area contributed by atoms with E-state index >= 15 is 0 Å². The smallest absolute Gasteiger partial charge is 0.316 e. The van der Waals surface area contributed by atoms with Crippen LogP contribution < -0.4 is 11.1 Å². The zero-order valence-corrected chi connectivity index (χ0v) is 12.0. The fourth-order valence-corrected chi connectivity index (χ4v) is 2.09. The summed E-state index contributed by atoms with van der Waals surface area (Å²) in [4.78, 5) is 35.6. The Morgan fingerprint density at radius 3 is 2.30 bits per heavy atom. The molecule has 0 saturated heterocycles. The van der Waals surface area contributed by atoms with Crippen molar-refractivity contribution in [3.63, 3.8) is 0 Å². The maximum atomic E-state index is 12.3. The highest BCUT2D eigenvalue weighted by Crippen LogP contribution is 2.14. The van der Waals surface area contributed by atoms with Gasteiger partial charge in [0.2, 0.25) is 0 Å². The molecule has 0 aliphatic heterocycles. The zero-order chi connectivity index (χ0) is 15.0. The lowest BCUT2D eigenvalue weighted by Gasteiger charge is -2.06. The van der Waals surface area contributed by atoms with Crippen LogP contribution in [0.5, 0.6) is 0 Å². The van der Waals surface area contributed by atoms with Gasteiger partial charge in [0, 0.05) is 43.4 Å². The predicted octanol–water partition coefficient (Wildman–Crippen LogP) is 0.385. The first-order valence-electron chi connectivity index (χ1n) is 6.25. The van der Waals surface area contributed by atoms with E-state index in [9.17, 15) is 14.4 Å². The second kappa shape index (κ2) is 4.96. The second-order valence-corrected chi connectivity index (χ2v) is 4.91. The van der Waals surface area contributed by atoms with Gasteiger partial charge < -0.3 is 13.7 Å². The van der Waals surface area contributed by atoms with E-state index < -0.39 is 11.1 Å². The molecule has 0 fully saturated rings. The molecular formula is C14H17N3O3. The molecule has 106 valence electrons. The first-order chi connectivity index (χ1) is 9.32. The lowest BCUT2D eigenvalue weighted by Crippen LogP contribution is -2.40. The second-order valence-electron chi connectivity index (χ2n) is 4.91. The van der Waals surface area contributed by atoms with Gasteiger partial charge in [-0.05, 0) is 19.9 Å². The minimum Gasteiger partial charge on any atom is -0.351 e. The van der Waals surface area contributed by atoms with Crippen LogP contribution >= 0.6 is 0 Å². The number of carbonyl (C=O) groups is 1. The Kier molecular flexibility index (Phi) is 3.48. The number of carbonyl (C=O) groups excluding carboxylic acids is 1. The summed E-state index contributed by atoms with van der Waals surface area (Å²) in [6.07, 6.45) is 2.92. The Hall–Kier alpha value is -2.37. The molecule has 2 aromatic heterocycles. The van der Waals surface area contributed by atoms with Gasteiger partial charge in [-0.3, -0.25) is 14.4 Å². The molecule has 0 atom stereocenters. The van der Waals surface area contributed by atoms with E-state index in [-0.39, 0.29) is 12.3 Å². The standard InChI is InChI=1S/C14H17N3O3/c1-9-7-11(10(2)16(9)4)12(18)8-17-6-5-15(3)13(19)14(17)20/h5-7H,8H2,1-4H3. The summed E-state index contributed by atoms with van der Waals surface area (Å²) in [5.74, 6) is -0.179. The van der Waals surface area contributed by atoms with Gasteiger partial charge in [-0.1, -0.05) is 0 Å².